The Hall–Kier alpha value is -5.18. The number of ether oxygens (including phenoxy) is 2. The molecule has 3 aliphatic rings. The van der Waals surface area contributed by atoms with E-state index in [1.165, 1.54) is 0 Å². The number of rotatable bonds is 10. The molecule has 15 heteroatoms. The molecule has 2 aromatic heterocycles. The summed E-state index contributed by atoms with van der Waals surface area (Å²) < 4.78 is 13.5. The molecule has 1 N–H and O–H groups in total. The van der Waals surface area contributed by atoms with Crippen LogP contribution >= 0.6 is 0 Å². The minimum atomic E-state index is -0.899. The van der Waals surface area contributed by atoms with Crippen molar-refractivity contribution in [1.29, 1.82) is 0 Å². The summed E-state index contributed by atoms with van der Waals surface area (Å²) >= 11 is 0. The van der Waals surface area contributed by atoms with Crippen LogP contribution in [0, 0.1) is 26.1 Å². The van der Waals surface area contributed by atoms with Gasteiger partial charge in [-0.2, -0.15) is 0 Å². The van der Waals surface area contributed by atoms with Crippen molar-refractivity contribution in [3.8, 4) is 5.75 Å². The summed E-state index contributed by atoms with van der Waals surface area (Å²) in [5.41, 5.74) is 1.20. The summed E-state index contributed by atoms with van der Waals surface area (Å²) in [6.07, 6.45) is 4.66. The van der Waals surface area contributed by atoms with Crippen molar-refractivity contribution >= 4 is 34.1 Å². The van der Waals surface area contributed by atoms with E-state index >= 15 is 0 Å². The first-order valence-electron chi connectivity index (χ1n) is 14.7. The number of fused-ring (bicyclic) bond motifs is 4. The molecule has 5 heterocycles. The minimum Gasteiger partial charge on any atom is -0.497 e. The highest BCUT2D eigenvalue weighted by atomic mass is 16.6. The van der Waals surface area contributed by atoms with Crippen LogP contribution in [0.4, 0.5) is 21.9 Å². The largest absolute Gasteiger partial charge is 0.497 e. The first kappa shape index (κ1) is 29.9. The first-order valence-corrected chi connectivity index (χ1v) is 14.7. The van der Waals surface area contributed by atoms with Crippen molar-refractivity contribution < 1.29 is 24.1 Å². The van der Waals surface area contributed by atoms with Gasteiger partial charge in [-0.25, -0.2) is 4.79 Å². The monoisotopic (exact) mass is 616 g/mol. The van der Waals surface area contributed by atoms with Crippen molar-refractivity contribution in [2.75, 3.05) is 25.5 Å². The molecule has 2 aromatic carbocycles. The van der Waals surface area contributed by atoms with Gasteiger partial charge >= 0.3 is 6.09 Å². The van der Waals surface area contributed by atoms with Gasteiger partial charge in [-0.05, 0) is 56.0 Å². The van der Waals surface area contributed by atoms with Crippen LogP contribution in [-0.2, 0) is 11.3 Å². The standard InChI is InChI=1S/C30H32N8O7/c1-3-9-36-17-27(33-34-36)25-16-35-10-7-18(25)11-28(35)29(23-6-8-31-26-5-4-22(44-2)15-24(23)26)45-30(39)32-19-12-20(37(40)41)14-21(13-19)38(42)43/h4-6,8,12-15,17-18,25,28-29H,3,7,9-11,16H2,1-2H3,(H,32,39)/t18-,25-,28-,29+/m0/s1. The lowest BCUT2D eigenvalue weighted by atomic mass is 9.72. The maximum absolute atomic E-state index is 13.5. The summed E-state index contributed by atoms with van der Waals surface area (Å²) in [6.45, 7) is 4.41. The second-order valence-corrected chi connectivity index (χ2v) is 11.3. The summed E-state index contributed by atoms with van der Waals surface area (Å²) in [4.78, 5) is 41.6. The molecule has 0 spiro atoms. The number of anilines is 1. The number of nitrogens with zero attached hydrogens (tertiary/aromatic N) is 7. The van der Waals surface area contributed by atoms with E-state index in [2.05, 4.69) is 32.4 Å². The van der Waals surface area contributed by atoms with E-state index in [9.17, 15) is 25.0 Å². The van der Waals surface area contributed by atoms with Crippen LogP contribution in [-0.4, -0.2) is 67.1 Å². The number of pyridine rings is 1. The van der Waals surface area contributed by atoms with Crippen LogP contribution in [0.3, 0.4) is 0 Å². The molecule has 15 nitrogen and oxygen atoms in total. The smallest absolute Gasteiger partial charge is 0.412 e. The highest BCUT2D eigenvalue weighted by Crippen LogP contribution is 2.46. The van der Waals surface area contributed by atoms with Gasteiger partial charge in [0.15, 0.2) is 0 Å². The van der Waals surface area contributed by atoms with Gasteiger partial charge in [-0.3, -0.25) is 40.1 Å². The summed E-state index contributed by atoms with van der Waals surface area (Å²) in [6, 6.07) is 10.0. The Balaban J connectivity index is 1.33. The third kappa shape index (κ3) is 6.11. The molecule has 4 aromatic rings. The first-order chi connectivity index (χ1) is 21.7. The van der Waals surface area contributed by atoms with Gasteiger partial charge in [-0.1, -0.05) is 12.1 Å². The molecular weight excluding hydrogens is 584 g/mol. The van der Waals surface area contributed by atoms with E-state index in [4.69, 9.17) is 9.47 Å². The zero-order valence-corrected chi connectivity index (χ0v) is 24.7. The number of piperidine rings is 3. The normalized spacial score (nSPS) is 21.3. The predicted octanol–water partition coefficient (Wildman–Crippen LogP) is 5.23. The highest BCUT2D eigenvalue weighted by molar-refractivity contribution is 5.87. The maximum Gasteiger partial charge on any atom is 0.412 e. The van der Waals surface area contributed by atoms with E-state index in [0.29, 0.717) is 17.8 Å². The summed E-state index contributed by atoms with van der Waals surface area (Å²) in [7, 11) is 1.57. The number of carbonyl (C=O) groups excluding carboxylic acids is 1. The van der Waals surface area contributed by atoms with Crippen LogP contribution in [0.15, 0.2) is 54.9 Å². The van der Waals surface area contributed by atoms with Gasteiger partial charge in [0.2, 0.25) is 0 Å². The Morgan fingerprint density at radius 2 is 1.91 bits per heavy atom. The molecule has 0 radical (unpaired) electrons. The quantitative estimate of drug-likeness (QED) is 0.182. The van der Waals surface area contributed by atoms with E-state index in [1.54, 1.807) is 19.4 Å². The van der Waals surface area contributed by atoms with Crippen LogP contribution in [0.5, 0.6) is 5.75 Å². The lowest BCUT2D eigenvalue weighted by molar-refractivity contribution is -0.394. The van der Waals surface area contributed by atoms with E-state index in [-0.39, 0.29) is 23.6 Å². The number of nitro groups is 2. The van der Waals surface area contributed by atoms with E-state index < -0.39 is 33.4 Å². The number of hydrogen-bond donors (Lipinski definition) is 1. The van der Waals surface area contributed by atoms with Gasteiger partial charge in [0.25, 0.3) is 11.4 Å². The van der Waals surface area contributed by atoms with Crippen molar-refractivity contribution in [1.82, 2.24) is 24.9 Å². The molecule has 7 rings (SSSR count). The Bertz CT molecular complexity index is 1730. The molecule has 234 valence electrons. The lowest BCUT2D eigenvalue weighted by Gasteiger charge is -2.51. The second kappa shape index (κ2) is 12.4. The molecule has 3 aliphatic heterocycles. The summed E-state index contributed by atoms with van der Waals surface area (Å²) in [5.74, 6) is 1.09. The van der Waals surface area contributed by atoms with Crippen molar-refractivity contribution in [3.63, 3.8) is 0 Å². The minimum absolute atomic E-state index is 0.124. The fraction of sp³-hybridized carbons (Fsp3) is 0.400. The maximum atomic E-state index is 13.5. The molecule has 45 heavy (non-hydrogen) atoms. The third-order valence-electron chi connectivity index (χ3n) is 8.63. The Morgan fingerprint density at radius 3 is 2.58 bits per heavy atom. The molecule has 3 fully saturated rings. The lowest BCUT2D eigenvalue weighted by Crippen LogP contribution is -2.55. The van der Waals surface area contributed by atoms with E-state index in [1.807, 2.05) is 29.1 Å². The Morgan fingerprint density at radius 1 is 1.13 bits per heavy atom. The Kier molecular flexibility index (Phi) is 8.26. The predicted molar refractivity (Wildman–Crippen MR) is 162 cm³/mol. The topological polar surface area (TPSA) is 181 Å². The molecule has 0 aliphatic carbocycles. The fourth-order valence-electron chi connectivity index (χ4n) is 6.55. The fourth-order valence-corrected chi connectivity index (χ4v) is 6.55. The number of carbonyl (C=O) groups is 1. The molecule has 1 amide bonds. The molecule has 2 bridgehead atoms. The number of hydrogen-bond acceptors (Lipinski definition) is 11. The summed E-state index contributed by atoms with van der Waals surface area (Å²) in [5, 5.41) is 34.8. The van der Waals surface area contributed by atoms with Gasteiger partial charge in [0.05, 0.1) is 46.0 Å². The van der Waals surface area contributed by atoms with Crippen molar-refractivity contribution in [2.24, 2.45) is 5.92 Å². The number of aromatic nitrogens is 4. The van der Waals surface area contributed by atoms with Crippen LogP contribution in [0.1, 0.15) is 49.5 Å². The van der Waals surface area contributed by atoms with Gasteiger partial charge < -0.3 is 9.47 Å². The average Bonchev–Trinajstić information content (AvgIpc) is 3.52. The van der Waals surface area contributed by atoms with Crippen molar-refractivity contribution in [3.05, 3.63) is 86.3 Å². The average molecular weight is 617 g/mol. The number of non-ortho nitro benzene ring substituents is 2. The Labute approximate surface area is 257 Å². The van der Waals surface area contributed by atoms with Crippen LogP contribution in [0.2, 0.25) is 0 Å². The zero-order valence-electron chi connectivity index (χ0n) is 24.7. The second-order valence-electron chi connectivity index (χ2n) is 11.3. The molecule has 0 saturated carbocycles. The number of amides is 1. The molecular formula is C30H32N8O7. The molecule has 1 unspecified atom stereocenters. The SMILES string of the molecule is CCCn1cc([C@H]2CN3CC[C@H]2C[C@H]3[C@H](OC(=O)Nc2cc([N+](=O)[O-])cc([N+](=O)[O-])c2)c2ccnc3ccc(OC)cc23)nn1. The highest BCUT2D eigenvalue weighted by Gasteiger charge is 2.46. The van der Waals surface area contributed by atoms with Crippen LogP contribution in [0.25, 0.3) is 10.9 Å². The van der Waals surface area contributed by atoms with E-state index in [0.717, 1.165) is 67.2 Å². The van der Waals surface area contributed by atoms with Gasteiger partial charge in [0.1, 0.15) is 11.9 Å². The number of nitrogens with one attached hydrogen (secondary N) is 1. The molecule has 3 saturated heterocycles. The number of methoxy groups -OCH3 is 1. The number of nitro benzene ring substituents is 2. The zero-order chi connectivity index (χ0) is 31.7. The third-order valence-corrected chi connectivity index (χ3v) is 8.63. The number of aryl methyl sites for hydroxylation is 1. The molecule has 5 atom stereocenters. The van der Waals surface area contributed by atoms with Gasteiger partial charge in [0, 0.05) is 54.5 Å². The van der Waals surface area contributed by atoms with Gasteiger partial charge in [-0.15, -0.1) is 5.10 Å². The number of benzene rings is 2. The van der Waals surface area contributed by atoms with Crippen molar-refractivity contribution in [2.45, 2.75) is 50.8 Å². The van der Waals surface area contributed by atoms with Crippen LogP contribution < -0.4 is 10.1 Å².